The third kappa shape index (κ3) is 3.33. The van der Waals surface area contributed by atoms with Gasteiger partial charge >= 0.3 is 0 Å². The van der Waals surface area contributed by atoms with Crippen LogP contribution in [0.15, 0.2) is 58.3 Å². The van der Waals surface area contributed by atoms with Crippen LogP contribution in [-0.2, 0) is 19.9 Å². The van der Waals surface area contributed by atoms with Gasteiger partial charge in [-0.3, -0.25) is 0 Å². The van der Waals surface area contributed by atoms with Crippen molar-refractivity contribution in [2.24, 2.45) is 5.14 Å². The minimum atomic E-state index is -3.82. The Hall–Kier alpha value is -2.21. The number of rotatable bonds is 4. The molecule has 0 unspecified atom stereocenters. The molecule has 0 radical (unpaired) electrons. The Balaban J connectivity index is 2.47. The van der Waals surface area contributed by atoms with Crippen molar-refractivity contribution in [3.05, 3.63) is 48.5 Å². The monoisotopic (exact) mass is 364 g/mol. The highest BCUT2D eigenvalue weighted by atomic mass is 32.2. The lowest BCUT2D eigenvalue weighted by molar-refractivity contribution is 0.574. The SMILES string of the molecule is CC(C)(C#N)S(=O)(=O)c1ccc(-c2cccc(S(N)(=O)=O)c2)cc1. The molecule has 0 atom stereocenters. The molecule has 8 heteroatoms. The summed E-state index contributed by atoms with van der Waals surface area (Å²) in [5.74, 6) is 0. The van der Waals surface area contributed by atoms with Gasteiger partial charge < -0.3 is 0 Å². The number of sulfone groups is 1. The lowest BCUT2D eigenvalue weighted by atomic mass is 10.1. The fraction of sp³-hybridized carbons (Fsp3) is 0.188. The van der Waals surface area contributed by atoms with E-state index < -0.39 is 24.6 Å². The fourth-order valence-corrected chi connectivity index (χ4v) is 3.80. The maximum absolute atomic E-state index is 12.4. The van der Waals surface area contributed by atoms with Crippen LogP contribution < -0.4 is 5.14 Å². The quantitative estimate of drug-likeness (QED) is 0.891. The van der Waals surface area contributed by atoms with Gasteiger partial charge in [-0.1, -0.05) is 24.3 Å². The Labute approximate surface area is 141 Å². The molecule has 0 spiro atoms. The summed E-state index contributed by atoms with van der Waals surface area (Å²) >= 11 is 0. The van der Waals surface area contributed by atoms with Crippen LogP contribution >= 0.6 is 0 Å². The van der Waals surface area contributed by atoms with Crippen molar-refractivity contribution < 1.29 is 16.8 Å². The average molecular weight is 364 g/mol. The Bertz CT molecular complexity index is 1020. The molecule has 2 aromatic carbocycles. The number of benzene rings is 2. The van der Waals surface area contributed by atoms with Gasteiger partial charge in [0.1, 0.15) is 0 Å². The standard InChI is InChI=1S/C16H16N2O4S2/c1-16(2,11-17)23(19,20)14-8-6-12(7-9-14)13-4-3-5-15(10-13)24(18,21)22/h3-10H,1-2H3,(H2,18,21,22). The first-order chi connectivity index (χ1) is 11.0. The van der Waals surface area contributed by atoms with E-state index in [1.54, 1.807) is 30.3 Å². The number of hydrogen-bond donors (Lipinski definition) is 1. The largest absolute Gasteiger partial charge is 0.238 e. The molecule has 2 N–H and O–H groups in total. The van der Waals surface area contributed by atoms with Crippen LogP contribution in [-0.4, -0.2) is 21.6 Å². The maximum atomic E-state index is 12.4. The minimum Gasteiger partial charge on any atom is -0.225 e. The van der Waals surface area contributed by atoms with Crippen LogP contribution in [0.2, 0.25) is 0 Å². The van der Waals surface area contributed by atoms with E-state index in [-0.39, 0.29) is 9.79 Å². The topological polar surface area (TPSA) is 118 Å². The van der Waals surface area contributed by atoms with E-state index >= 15 is 0 Å². The van der Waals surface area contributed by atoms with Crippen molar-refractivity contribution in [3.63, 3.8) is 0 Å². The summed E-state index contributed by atoms with van der Waals surface area (Å²) in [5, 5.41) is 14.1. The van der Waals surface area contributed by atoms with Crippen LogP contribution in [0.3, 0.4) is 0 Å². The van der Waals surface area contributed by atoms with E-state index in [0.717, 1.165) is 0 Å². The Morgan fingerprint density at radius 3 is 2.00 bits per heavy atom. The third-order valence-electron chi connectivity index (χ3n) is 3.60. The van der Waals surface area contributed by atoms with Crippen molar-refractivity contribution in [2.45, 2.75) is 28.4 Å². The molecule has 0 aliphatic heterocycles. The van der Waals surface area contributed by atoms with E-state index in [0.29, 0.717) is 11.1 Å². The second-order valence-electron chi connectivity index (χ2n) is 5.72. The first-order valence-electron chi connectivity index (χ1n) is 6.88. The van der Waals surface area contributed by atoms with Crippen LogP contribution in [0.25, 0.3) is 11.1 Å². The van der Waals surface area contributed by atoms with E-state index in [9.17, 15) is 16.8 Å². The van der Waals surface area contributed by atoms with Crippen molar-refractivity contribution >= 4 is 19.9 Å². The maximum Gasteiger partial charge on any atom is 0.238 e. The summed E-state index contributed by atoms with van der Waals surface area (Å²) in [6.45, 7) is 2.68. The summed E-state index contributed by atoms with van der Waals surface area (Å²) in [5.41, 5.74) is 1.22. The Morgan fingerprint density at radius 2 is 1.50 bits per heavy atom. The Kier molecular flexibility index (Phi) is 4.55. The van der Waals surface area contributed by atoms with Crippen molar-refractivity contribution in [1.29, 1.82) is 5.26 Å². The molecule has 0 aromatic heterocycles. The van der Waals surface area contributed by atoms with Gasteiger partial charge in [-0.25, -0.2) is 22.0 Å². The van der Waals surface area contributed by atoms with Crippen LogP contribution in [0.4, 0.5) is 0 Å². The van der Waals surface area contributed by atoms with Crippen molar-refractivity contribution in [3.8, 4) is 17.2 Å². The van der Waals surface area contributed by atoms with Crippen LogP contribution in [0.5, 0.6) is 0 Å². The summed E-state index contributed by atoms with van der Waals surface area (Å²) < 4.78 is 46.1. The predicted octanol–water partition coefficient (Wildman–Crippen LogP) is 2.08. The molecule has 0 heterocycles. The van der Waals surface area contributed by atoms with Gasteiger partial charge in [-0.15, -0.1) is 0 Å². The zero-order valence-electron chi connectivity index (χ0n) is 13.1. The minimum absolute atomic E-state index is 0.0256. The molecule has 0 aliphatic rings. The third-order valence-corrected chi connectivity index (χ3v) is 6.84. The normalized spacial score (nSPS) is 12.6. The Morgan fingerprint density at radius 1 is 0.917 bits per heavy atom. The summed E-state index contributed by atoms with van der Waals surface area (Å²) in [4.78, 5) is 0.00251. The van der Waals surface area contributed by atoms with Gasteiger partial charge in [0.25, 0.3) is 0 Å². The molecule has 24 heavy (non-hydrogen) atoms. The molecule has 2 rings (SSSR count). The van der Waals surface area contributed by atoms with Gasteiger partial charge in [-0.05, 0) is 49.2 Å². The molecular weight excluding hydrogens is 348 g/mol. The number of sulfonamides is 1. The van der Waals surface area contributed by atoms with E-state index in [1.165, 1.54) is 38.1 Å². The molecular formula is C16H16N2O4S2. The highest BCUT2D eigenvalue weighted by molar-refractivity contribution is 7.93. The number of nitrogens with two attached hydrogens (primary N) is 1. The van der Waals surface area contributed by atoms with Gasteiger partial charge in [0, 0.05) is 0 Å². The first kappa shape index (κ1) is 18.1. The lowest BCUT2D eigenvalue weighted by Crippen LogP contribution is -2.29. The van der Waals surface area contributed by atoms with E-state index in [2.05, 4.69) is 0 Å². The van der Waals surface area contributed by atoms with Gasteiger partial charge in [0.05, 0.1) is 15.9 Å². The zero-order valence-corrected chi connectivity index (χ0v) is 14.7. The highest BCUT2D eigenvalue weighted by Crippen LogP contribution is 2.28. The van der Waals surface area contributed by atoms with Gasteiger partial charge in [-0.2, -0.15) is 5.26 Å². The van der Waals surface area contributed by atoms with Gasteiger partial charge in [0.2, 0.25) is 10.0 Å². The molecule has 0 amide bonds. The predicted molar refractivity (Wildman–Crippen MR) is 90.1 cm³/mol. The summed E-state index contributed by atoms with van der Waals surface area (Å²) in [7, 11) is -7.62. The molecule has 0 aliphatic carbocycles. The fourth-order valence-electron chi connectivity index (χ4n) is 2.03. The molecule has 0 saturated carbocycles. The number of nitriles is 1. The van der Waals surface area contributed by atoms with Crippen LogP contribution in [0.1, 0.15) is 13.8 Å². The van der Waals surface area contributed by atoms with Gasteiger partial charge in [0.15, 0.2) is 14.6 Å². The molecule has 0 saturated heterocycles. The second-order valence-corrected chi connectivity index (χ2v) is 9.78. The molecule has 0 bridgehead atoms. The number of nitrogens with zero attached hydrogens (tertiary/aromatic N) is 1. The molecule has 2 aromatic rings. The van der Waals surface area contributed by atoms with E-state index in [1.807, 2.05) is 0 Å². The summed E-state index contributed by atoms with van der Waals surface area (Å²) in [6, 6.07) is 13.7. The van der Waals surface area contributed by atoms with Crippen LogP contribution in [0, 0.1) is 11.3 Å². The average Bonchev–Trinajstić information content (AvgIpc) is 2.54. The molecule has 6 nitrogen and oxygen atoms in total. The first-order valence-corrected chi connectivity index (χ1v) is 9.91. The highest BCUT2D eigenvalue weighted by Gasteiger charge is 2.35. The zero-order chi connectivity index (χ0) is 18.2. The van der Waals surface area contributed by atoms with Crippen molar-refractivity contribution in [2.75, 3.05) is 0 Å². The second kappa shape index (κ2) is 6.02. The number of hydrogen-bond acceptors (Lipinski definition) is 5. The molecule has 0 fully saturated rings. The molecule has 126 valence electrons. The van der Waals surface area contributed by atoms with E-state index in [4.69, 9.17) is 10.4 Å². The lowest BCUT2D eigenvalue weighted by Gasteiger charge is -2.16. The number of primary sulfonamides is 1. The smallest absolute Gasteiger partial charge is 0.225 e. The summed E-state index contributed by atoms with van der Waals surface area (Å²) in [6.07, 6.45) is 0. The van der Waals surface area contributed by atoms with Crippen molar-refractivity contribution in [1.82, 2.24) is 0 Å².